The first kappa shape index (κ1) is 41.0. The fourth-order valence-electron chi connectivity index (χ4n) is 10.5. The molecule has 12 aromatic carbocycles. The van der Waals surface area contributed by atoms with Crippen LogP contribution in [0.25, 0.3) is 110 Å². The molecule has 0 fully saturated rings. The van der Waals surface area contributed by atoms with E-state index < -0.39 is 0 Å². The van der Waals surface area contributed by atoms with Crippen molar-refractivity contribution in [3.63, 3.8) is 0 Å². The molecule has 1 aromatic heterocycles. The zero-order valence-electron chi connectivity index (χ0n) is 38.3. The number of nitrogens with zero attached hydrogens (tertiary/aromatic N) is 1. The number of benzene rings is 12. The van der Waals surface area contributed by atoms with Crippen molar-refractivity contribution in [2.45, 2.75) is 0 Å². The number of hydrogen-bond acceptors (Lipinski definition) is 2. The zero-order chi connectivity index (χ0) is 46.4. The van der Waals surface area contributed by atoms with Crippen LogP contribution in [-0.2, 0) is 0 Å². The van der Waals surface area contributed by atoms with Crippen LogP contribution >= 0.6 is 0 Å². The summed E-state index contributed by atoms with van der Waals surface area (Å²) in [6, 6.07) is 98.7. The molecule has 0 unspecified atom stereocenters. The van der Waals surface area contributed by atoms with Crippen LogP contribution in [0, 0.1) is 0 Å². The Morgan fingerprint density at radius 1 is 0.229 bits per heavy atom. The molecular formula is C68H45NO. The van der Waals surface area contributed by atoms with Gasteiger partial charge in [-0.15, -0.1) is 0 Å². The SMILES string of the molecule is c1ccc(-c2ccc(-c3ccc(N(c4ccc(-c5cccc6oc7ccccc7c56)cc4)c4cccc(-c5ccc6c(c5)c(-c5ccccc5)c(-c5ccccc5)c5ccccc56)c4)cc3)cc2)cc1. The molecule has 0 N–H and O–H groups in total. The van der Waals surface area contributed by atoms with Gasteiger partial charge in [0.1, 0.15) is 11.2 Å². The van der Waals surface area contributed by atoms with E-state index in [1.807, 2.05) is 12.1 Å². The van der Waals surface area contributed by atoms with Gasteiger partial charge in [0, 0.05) is 27.8 Å². The molecule has 0 atom stereocenters. The first-order chi connectivity index (χ1) is 34.7. The van der Waals surface area contributed by atoms with Gasteiger partial charge >= 0.3 is 0 Å². The molecule has 13 aromatic rings. The summed E-state index contributed by atoms with van der Waals surface area (Å²) in [5.74, 6) is 0. The third-order valence-electron chi connectivity index (χ3n) is 13.9. The zero-order valence-corrected chi connectivity index (χ0v) is 38.3. The fourth-order valence-corrected chi connectivity index (χ4v) is 10.5. The van der Waals surface area contributed by atoms with E-state index in [4.69, 9.17) is 4.42 Å². The molecule has 328 valence electrons. The fraction of sp³-hybridized carbons (Fsp3) is 0. The maximum Gasteiger partial charge on any atom is 0.136 e. The van der Waals surface area contributed by atoms with E-state index in [1.54, 1.807) is 0 Å². The van der Waals surface area contributed by atoms with Gasteiger partial charge in [-0.2, -0.15) is 0 Å². The van der Waals surface area contributed by atoms with Crippen LogP contribution in [0.3, 0.4) is 0 Å². The Morgan fingerprint density at radius 3 is 1.30 bits per heavy atom. The van der Waals surface area contributed by atoms with E-state index >= 15 is 0 Å². The molecule has 70 heavy (non-hydrogen) atoms. The predicted octanol–water partition coefficient (Wildman–Crippen LogP) is 19.4. The molecule has 2 heteroatoms. The molecule has 0 aliphatic carbocycles. The summed E-state index contributed by atoms with van der Waals surface area (Å²) in [5.41, 5.74) is 19.3. The first-order valence-corrected chi connectivity index (χ1v) is 24.0. The summed E-state index contributed by atoms with van der Waals surface area (Å²) in [6.07, 6.45) is 0. The van der Waals surface area contributed by atoms with Crippen molar-refractivity contribution < 1.29 is 4.42 Å². The highest BCUT2D eigenvalue weighted by molar-refractivity contribution is 6.22. The monoisotopic (exact) mass is 891 g/mol. The number of anilines is 3. The van der Waals surface area contributed by atoms with E-state index in [0.29, 0.717) is 0 Å². The van der Waals surface area contributed by atoms with E-state index in [1.165, 1.54) is 66.1 Å². The van der Waals surface area contributed by atoms with Crippen LogP contribution in [-0.4, -0.2) is 0 Å². The van der Waals surface area contributed by atoms with Gasteiger partial charge in [0.05, 0.1) is 0 Å². The van der Waals surface area contributed by atoms with Gasteiger partial charge in [-0.05, 0) is 143 Å². The lowest BCUT2D eigenvalue weighted by atomic mass is 9.84. The Kier molecular flexibility index (Phi) is 10.2. The van der Waals surface area contributed by atoms with Crippen molar-refractivity contribution in [3.05, 3.63) is 273 Å². The summed E-state index contributed by atoms with van der Waals surface area (Å²) < 4.78 is 6.30. The third kappa shape index (κ3) is 7.31. The lowest BCUT2D eigenvalue weighted by Gasteiger charge is -2.26. The van der Waals surface area contributed by atoms with Crippen molar-refractivity contribution in [2.75, 3.05) is 4.90 Å². The second-order valence-corrected chi connectivity index (χ2v) is 18.0. The smallest absolute Gasteiger partial charge is 0.136 e. The van der Waals surface area contributed by atoms with Gasteiger partial charge in [-0.3, -0.25) is 0 Å². The summed E-state index contributed by atoms with van der Waals surface area (Å²) >= 11 is 0. The maximum absolute atomic E-state index is 6.30. The van der Waals surface area contributed by atoms with Crippen molar-refractivity contribution in [1.29, 1.82) is 0 Å². The Balaban J connectivity index is 0.941. The minimum absolute atomic E-state index is 0.894. The molecule has 2 nitrogen and oxygen atoms in total. The number of rotatable bonds is 9. The second-order valence-electron chi connectivity index (χ2n) is 18.0. The Morgan fingerprint density at radius 2 is 0.657 bits per heavy atom. The van der Waals surface area contributed by atoms with E-state index in [9.17, 15) is 0 Å². The molecule has 13 rings (SSSR count). The van der Waals surface area contributed by atoms with Crippen LogP contribution < -0.4 is 4.90 Å². The third-order valence-corrected chi connectivity index (χ3v) is 13.9. The Hall–Kier alpha value is -9.24. The predicted molar refractivity (Wildman–Crippen MR) is 296 cm³/mol. The summed E-state index contributed by atoms with van der Waals surface area (Å²) in [4.78, 5) is 2.38. The lowest BCUT2D eigenvalue weighted by molar-refractivity contribution is 0.669. The van der Waals surface area contributed by atoms with Crippen LogP contribution in [0.2, 0.25) is 0 Å². The van der Waals surface area contributed by atoms with Crippen molar-refractivity contribution >= 4 is 60.5 Å². The largest absolute Gasteiger partial charge is 0.456 e. The van der Waals surface area contributed by atoms with Crippen molar-refractivity contribution in [1.82, 2.24) is 0 Å². The Labute approximate surface area is 407 Å². The highest BCUT2D eigenvalue weighted by atomic mass is 16.3. The molecule has 0 aliphatic heterocycles. The van der Waals surface area contributed by atoms with Crippen LogP contribution in [0.4, 0.5) is 17.1 Å². The van der Waals surface area contributed by atoms with Crippen molar-refractivity contribution in [3.8, 4) is 66.8 Å². The van der Waals surface area contributed by atoms with Crippen molar-refractivity contribution in [2.24, 2.45) is 0 Å². The van der Waals surface area contributed by atoms with E-state index in [2.05, 4.69) is 266 Å². The van der Waals surface area contributed by atoms with Gasteiger partial charge in [-0.1, -0.05) is 218 Å². The molecule has 0 spiro atoms. The maximum atomic E-state index is 6.30. The standard InChI is InChI=1S/C68H45NO/c1-4-16-46(17-5-1)47-30-32-48(33-31-47)49-34-39-55(40-35-49)69(56-41-36-50(37-42-56)58-27-15-29-65-68(58)62-26-12-13-28-64(62)70-65)57-23-14-22-53(44-57)54-38-43-60-59-24-10-11-25-61(59)66(51-18-6-2-7-19-51)67(63(60)45-54)52-20-8-3-9-21-52/h1-45H. The minimum Gasteiger partial charge on any atom is -0.456 e. The summed E-state index contributed by atoms with van der Waals surface area (Å²) in [6.45, 7) is 0. The normalized spacial score (nSPS) is 11.4. The lowest BCUT2D eigenvalue weighted by Crippen LogP contribution is -2.10. The summed E-state index contributed by atoms with van der Waals surface area (Å²) in [5, 5.41) is 7.23. The highest BCUT2D eigenvalue weighted by Gasteiger charge is 2.20. The van der Waals surface area contributed by atoms with Crippen LogP contribution in [0.5, 0.6) is 0 Å². The minimum atomic E-state index is 0.894. The Bertz CT molecular complexity index is 4010. The molecule has 0 radical (unpaired) electrons. The molecule has 0 amide bonds. The number of hydrogen-bond donors (Lipinski definition) is 0. The summed E-state index contributed by atoms with van der Waals surface area (Å²) in [7, 11) is 0. The molecule has 1 heterocycles. The van der Waals surface area contributed by atoms with Gasteiger partial charge in [0.2, 0.25) is 0 Å². The average Bonchev–Trinajstić information content (AvgIpc) is 3.83. The number of para-hydroxylation sites is 1. The molecular weight excluding hydrogens is 847 g/mol. The van der Waals surface area contributed by atoms with Gasteiger partial charge in [0.25, 0.3) is 0 Å². The van der Waals surface area contributed by atoms with E-state index in [-0.39, 0.29) is 0 Å². The molecule has 0 bridgehead atoms. The first-order valence-electron chi connectivity index (χ1n) is 24.0. The second kappa shape index (κ2) is 17.4. The number of furan rings is 1. The highest BCUT2D eigenvalue weighted by Crippen LogP contribution is 2.47. The van der Waals surface area contributed by atoms with E-state index in [0.717, 1.165) is 61.3 Å². The van der Waals surface area contributed by atoms with Gasteiger partial charge in [-0.25, -0.2) is 0 Å². The average molecular weight is 892 g/mol. The quantitative estimate of drug-likeness (QED) is 0.134. The molecule has 0 saturated carbocycles. The topological polar surface area (TPSA) is 16.4 Å². The van der Waals surface area contributed by atoms with Gasteiger partial charge < -0.3 is 9.32 Å². The molecule has 0 aliphatic rings. The van der Waals surface area contributed by atoms with Crippen LogP contribution in [0.15, 0.2) is 277 Å². The van der Waals surface area contributed by atoms with Crippen LogP contribution in [0.1, 0.15) is 0 Å². The van der Waals surface area contributed by atoms with Gasteiger partial charge in [0.15, 0.2) is 0 Å². The molecule has 0 saturated heterocycles. The number of fused-ring (bicyclic) bond motifs is 6.